The fraction of sp³-hybridized carbons (Fsp3) is 0.700. The Hall–Kier alpha value is -1.43. The van der Waals surface area contributed by atoms with Gasteiger partial charge in [0, 0.05) is 18.9 Å². The first-order valence-corrected chi connectivity index (χ1v) is 8.57. The Morgan fingerprint density at radius 1 is 0.714 bits per heavy atom. The highest BCUT2D eigenvalue weighted by atomic mass is 16.1. The second kappa shape index (κ2) is 18.6. The van der Waals surface area contributed by atoms with Crippen molar-refractivity contribution in [3.8, 4) is 23.7 Å². The number of rotatable bonds is 12. The van der Waals surface area contributed by atoms with Crippen molar-refractivity contribution in [2.24, 2.45) is 0 Å². The Bertz CT molecular complexity index is 380. The molecule has 21 heavy (non-hydrogen) atoms. The van der Waals surface area contributed by atoms with Crippen molar-refractivity contribution in [3.63, 3.8) is 0 Å². The van der Waals surface area contributed by atoms with E-state index in [1.165, 1.54) is 70.3 Å². The second-order valence-electron chi connectivity index (χ2n) is 5.40. The SMILES string of the molecule is CCCCCCCCCCCCC#CC#CCCC=C=O. The summed E-state index contributed by atoms with van der Waals surface area (Å²) in [5, 5.41) is 0. The van der Waals surface area contributed by atoms with Crippen LogP contribution in [0.1, 0.15) is 90.4 Å². The molecule has 0 fully saturated rings. The average molecular weight is 286 g/mol. The van der Waals surface area contributed by atoms with Crippen molar-refractivity contribution < 1.29 is 4.79 Å². The van der Waals surface area contributed by atoms with E-state index in [2.05, 4.69) is 30.6 Å². The van der Waals surface area contributed by atoms with E-state index < -0.39 is 0 Å². The van der Waals surface area contributed by atoms with Gasteiger partial charge in [0.05, 0.1) is 0 Å². The van der Waals surface area contributed by atoms with Crippen LogP contribution in [0.25, 0.3) is 0 Å². The van der Waals surface area contributed by atoms with Gasteiger partial charge in [0.25, 0.3) is 0 Å². The molecule has 0 aromatic heterocycles. The predicted octanol–water partition coefficient (Wildman–Crippen LogP) is 5.47. The summed E-state index contributed by atoms with van der Waals surface area (Å²) < 4.78 is 0. The van der Waals surface area contributed by atoms with E-state index in [0.29, 0.717) is 12.8 Å². The maximum Gasteiger partial charge on any atom is 0.120 e. The van der Waals surface area contributed by atoms with Crippen molar-refractivity contribution in [1.82, 2.24) is 0 Å². The third-order valence-corrected chi connectivity index (χ3v) is 3.39. The molecule has 116 valence electrons. The average Bonchev–Trinajstić information content (AvgIpc) is 2.50. The van der Waals surface area contributed by atoms with Crippen molar-refractivity contribution >= 4 is 5.94 Å². The second-order valence-corrected chi connectivity index (χ2v) is 5.40. The molecule has 0 atom stereocenters. The van der Waals surface area contributed by atoms with Crippen molar-refractivity contribution in [2.45, 2.75) is 90.4 Å². The topological polar surface area (TPSA) is 17.1 Å². The van der Waals surface area contributed by atoms with Gasteiger partial charge in [-0.1, -0.05) is 76.6 Å². The van der Waals surface area contributed by atoms with Crippen LogP contribution in [-0.4, -0.2) is 5.94 Å². The van der Waals surface area contributed by atoms with E-state index in [1.807, 2.05) is 0 Å². The van der Waals surface area contributed by atoms with Crippen LogP contribution in [-0.2, 0) is 4.79 Å². The normalized spacial score (nSPS) is 9.00. The molecule has 0 aromatic rings. The van der Waals surface area contributed by atoms with Gasteiger partial charge in [0.1, 0.15) is 5.94 Å². The molecule has 0 spiro atoms. The lowest BCUT2D eigenvalue weighted by Crippen LogP contribution is -1.81. The van der Waals surface area contributed by atoms with Gasteiger partial charge in [-0.05, 0) is 24.7 Å². The minimum atomic E-state index is 0.677. The number of hydrogen-bond acceptors (Lipinski definition) is 1. The molecule has 0 heterocycles. The molecular weight excluding hydrogens is 256 g/mol. The van der Waals surface area contributed by atoms with Gasteiger partial charge < -0.3 is 0 Å². The molecule has 0 saturated carbocycles. The summed E-state index contributed by atoms with van der Waals surface area (Å²) in [4.78, 5) is 9.91. The molecule has 0 aliphatic carbocycles. The van der Waals surface area contributed by atoms with Crippen LogP contribution < -0.4 is 0 Å². The zero-order valence-corrected chi connectivity index (χ0v) is 13.7. The van der Waals surface area contributed by atoms with Gasteiger partial charge in [0.15, 0.2) is 0 Å². The Morgan fingerprint density at radius 3 is 1.81 bits per heavy atom. The zero-order valence-electron chi connectivity index (χ0n) is 13.7. The summed E-state index contributed by atoms with van der Waals surface area (Å²) in [6.45, 7) is 2.26. The van der Waals surface area contributed by atoms with E-state index >= 15 is 0 Å². The number of hydrogen-bond donors (Lipinski definition) is 0. The molecule has 1 nitrogen and oxygen atoms in total. The monoisotopic (exact) mass is 286 g/mol. The van der Waals surface area contributed by atoms with Crippen molar-refractivity contribution in [1.29, 1.82) is 0 Å². The number of unbranched alkanes of at least 4 members (excludes halogenated alkanes) is 11. The van der Waals surface area contributed by atoms with E-state index in [-0.39, 0.29) is 0 Å². The van der Waals surface area contributed by atoms with Crippen LogP contribution in [0.5, 0.6) is 0 Å². The first-order valence-electron chi connectivity index (χ1n) is 8.57. The largest absolute Gasteiger partial charge is 0.234 e. The molecular formula is C20H30O. The highest BCUT2D eigenvalue weighted by Gasteiger charge is 1.91. The maximum atomic E-state index is 9.91. The Balaban J connectivity index is 3.23. The third kappa shape index (κ3) is 18.6. The molecule has 0 unspecified atom stereocenters. The molecule has 0 bridgehead atoms. The fourth-order valence-electron chi connectivity index (χ4n) is 2.12. The highest BCUT2D eigenvalue weighted by molar-refractivity contribution is 5.44. The zero-order chi connectivity index (χ0) is 15.4. The van der Waals surface area contributed by atoms with E-state index in [9.17, 15) is 4.79 Å². The van der Waals surface area contributed by atoms with Crippen LogP contribution in [0, 0.1) is 23.7 Å². The van der Waals surface area contributed by atoms with E-state index in [1.54, 1.807) is 5.94 Å². The molecule has 0 radical (unpaired) electrons. The van der Waals surface area contributed by atoms with Gasteiger partial charge >= 0.3 is 0 Å². The van der Waals surface area contributed by atoms with Crippen molar-refractivity contribution in [2.75, 3.05) is 0 Å². The Kier molecular flexibility index (Phi) is 17.3. The molecule has 0 saturated heterocycles. The van der Waals surface area contributed by atoms with E-state index in [0.717, 1.165) is 6.42 Å². The quantitative estimate of drug-likeness (QED) is 0.264. The lowest BCUT2D eigenvalue weighted by atomic mass is 10.1. The summed E-state index contributed by atoms with van der Waals surface area (Å²) in [5.41, 5.74) is 0. The number of carbonyl (C=O) groups excluding carboxylic acids is 1. The Morgan fingerprint density at radius 2 is 1.24 bits per heavy atom. The van der Waals surface area contributed by atoms with Crippen LogP contribution in [0.4, 0.5) is 0 Å². The molecule has 0 rings (SSSR count). The van der Waals surface area contributed by atoms with Gasteiger partial charge in [-0.2, -0.15) is 0 Å². The highest BCUT2D eigenvalue weighted by Crippen LogP contribution is 2.10. The smallest absolute Gasteiger partial charge is 0.120 e. The lowest BCUT2D eigenvalue weighted by molar-refractivity contribution is 0.558. The summed E-state index contributed by atoms with van der Waals surface area (Å²) >= 11 is 0. The van der Waals surface area contributed by atoms with Crippen LogP contribution in [0.3, 0.4) is 0 Å². The Labute approximate surface area is 131 Å². The maximum absolute atomic E-state index is 9.91. The van der Waals surface area contributed by atoms with Crippen molar-refractivity contribution in [3.05, 3.63) is 6.08 Å². The fourth-order valence-corrected chi connectivity index (χ4v) is 2.12. The molecule has 1 heteroatoms. The first-order chi connectivity index (χ1) is 10.4. The van der Waals surface area contributed by atoms with Gasteiger partial charge in [-0.25, -0.2) is 4.79 Å². The lowest BCUT2D eigenvalue weighted by Gasteiger charge is -2.00. The van der Waals surface area contributed by atoms with Crippen LogP contribution in [0.2, 0.25) is 0 Å². The molecule has 0 aliphatic heterocycles. The molecule has 0 aromatic carbocycles. The minimum Gasteiger partial charge on any atom is -0.234 e. The molecule has 0 amide bonds. The van der Waals surface area contributed by atoms with E-state index in [4.69, 9.17) is 0 Å². The standard InChI is InChI=1S/C20H30O/c1-2-3-4-5-6-7-8-9-10-11-12-13-14-15-16-17-18-19-20-21/h19H,2-12,17-18H2,1H3. The van der Waals surface area contributed by atoms with Crippen LogP contribution >= 0.6 is 0 Å². The van der Waals surface area contributed by atoms with Gasteiger partial charge in [0.2, 0.25) is 0 Å². The first kappa shape index (κ1) is 19.6. The summed E-state index contributed by atoms with van der Waals surface area (Å²) in [6.07, 6.45) is 17.4. The van der Waals surface area contributed by atoms with Crippen LogP contribution in [0.15, 0.2) is 6.08 Å². The predicted molar refractivity (Wildman–Crippen MR) is 91.5 cm³/mol. The van der Waals surface area contributed by atoms with Gasteiger partial charge in [-0.3, -0.25) is 0 Å². The number of allylic oxidation sites excluding steroid dienone is 1. The summed E-state index contributed by atoms with van der Waals surface area (Å²) in [6, 6.07) is 0. The third-order valence-electron chi connectivity index (χ3n) is 3.39. The molecule has 0 aliphatic rings. The van der Waals surface area contributed by atoms with Gasteiger partial charge in [-0.15, -0.1) is 0 Å². The molecule has 0 N–H and O–H groups in total. The minimum absolute atomic E-state index is 0.677. The summed E-state index contributed by atoms with van der Waals surface area (Å²) in [7, 11) is 0. The summed E-state index contributed by atoms with van der Waals surface area (Å²) in [5.74, 6) is 13.4.